The molecule has 1 aromatic carbocycles. The summed E-state index contributed by atoms with van der Waals surface area (Å²) in [4.78, 5) is 11.9. The number of aromatic nitrogens is 4. The van der Waals surface area contributed by atoms with Crippen LogP contribution in [0.5, 0.6) is 0 Å². The normalized spacial score (nSPS) is 10.6. The minimum absolute atomic E-state index is 0.242. The van der Waals surface area contributed by atoms with Crippen molar-refractivity contribution in [2.75, 3.05) is 25.1 Å². The van der Waals surface area contributed by atoms with Crippen molar-refractivity contribution in [1.82, 2.24) is 25.5 Å². The maximum absolute atomic E-state index is 11.9. The van der Waals surface area contributed by atoms with E-state index in [1.54, 1.807) is 4.68 Å². The third-order valence-electron chi connectivity index (χ3n) is 3.37. The molecule has 2 aromatic rings. The quantitative estimate of drug-likeness (QED) is 0.687. The SMILES string of the molecule is CCCCOCCCNC(=O)Nc1cccc(-n2nnnc2C)c1. The van der Waals surface area contributed by atoms with Crippen LogP contribution in [0.2, 0.25) is 0 Å². The molecule has 0 aliphatic heterocycles. The van der Waals surface area contributed by atoms with Crippen LogP contribution in [0, 0.1) is 6.92 Å². The molecule has 2 rings (SSSR count). The molecule has 0 saturated heterocycles. The Morgan fingerprint density at radius 3 is 2.88 bits per heavy atom. The van der Waals surface area contributed by atoms with E-state index in [9.17, 15) is 4.79 Å². The topological polar surface area (TPSA) is 94.0 Å². The maximum atomic E-state index is 11.9. The first-order valence-electron chi connectivity index (χ1n) is 8.18. The number of nitrogens with zero attached hydrogens (tertiary/aromatic N) is 4. The first-order chi connectivity index (χ1) is 11.7. The highest BCUT2D eigenvalue weighted by Crippen LogP contribution is 2.14. The van der Waals surface area contributed by atoms with Gasteiger partial charge >= 0.3 is 6.03 Å². The Balaban J connectivity index is 1.75. The number of ether oxygens (including phenoxy) is 1. The number of amides is 2. The molecular weight excluding hydrogens is 308 g/mol. The molecule has 2 N–H and O–H groups in total. The molecule has 0 atom stereocenters. The van der Waals surface area contributed by atoms with Crippen LogP contribution in [0.3, 0.4) is 0 Å². The Morgan fingerprint density at radius 2 is 2.12 bits per heavy atom. The molecule has 0 aliphatic carbocycles. The molecule has 1 heterocycles. The molecular formula is C16H24N6O2. The van der Waals surface area contributed by atoms with Gasteiger partial charge in [-0.3, -0.25) is 0 Å². The number of unbranched alkanes of at least 4 members (excludes halogenated alkanes) is 1. The molecule has 8 nitrogen and oxygen atoms in total. The van der Waals surface area contributed by atoms with E-state index in [2.05, 4.69) is 33.1 Å². The van der Waals surface area contributed by atoms with E-state index in [0.717, 1.165) is 31.6 Å². The van der Waals surface area contributed by atoms with Gasteiger partial charge in [0.2, 0.25) is 0 Å². The highest BCUT2D eigenvalue weighted by molar-refractivity contribution is 5.89. The van der Waals surface area contributed by atoms with E-state index in [1.807, 2.05) is 31.2 Å². The van der Waals surface area contributed by atoms with Crippen molar-refractivity contribution < 1.29 is 9.53 Å². The smallest absolute Gasteiger partial charge is 0.319 e. The molecule has 24 heavy (non-hydrogen) atoms. The van der Waals surface area contributed by atoms with Crippen LogP contribution in [0.1, 0.15) is 32.0 Å². The van der Waals surface area contributed by atoms with Gasteiger partial charge in [0.15, 0.2) is 5.82 Å². The monoisotopic (exact) mass is 332 g/mol. The second-order valence-corrected chi connectivity index (χ2v) is 5.39. The summed E-state index contributed by atoms with van der Waals surface area (Å²) in [7, 11) is 0. The molecule has 2 amide bonds. The average molecular weight is 332 g/mol. The van der Waals surface area contributed by atoms with E-state index in [1.165, 1.54) is 0 Å². The Morgan fingerprint density at radius 1 is 1.29 bits per heavy atom. The number of nitrogens with one attached hydrogen (secondary N) is 2. The zero-order chi connectivity index (χ0) is 17.2. The summed E-state index contributed by atoms with van der Waals surface area (Å²) in [6, 6.07) is 7.11. The first kappa shape index (κ1) is 17.9. The molecule has 1 aromatic heterocycles. The van der Waals surface area contributed by atoms with Crippen LogP contribution in [-0.4, -0.2) is 46.0 Å². The molecule has 0 spiro atoms. The Kier molecular flexibility index (Phi) is 7.16. The number of hydrogen-bond acceptors (Lipinski definition) is 5. The van der Waals surface area contributed by atoms with Crippen LogP contribution in [-0.2, 0) is 4.74 Å². The van der Waals surface area contributed by atoms with E-state index < -0.39 is 0 Å². The Hall–Kier alpha value is -2.48. The summed E-state index contributed by atoms with van der Waals surface area (Å²) in [5, 5.41) is 17.0. The van der Waals surface area contributed by atoms with Crippen molar-refractivity contribution in [3.05, 3.63) is 30.1 Å². The van der Waals surface area contributed by atoms with Crippen molar-refractivity contribution in [2.45, 2.75) is 33.1 Å². The van der Waals surface area contributed by atoms with Crippen LogP contribution < -0.4 is 10.6 Å². The lowest BCUT2D eigenvalue weighted by molar-refractivity contribution is 0.129. The fraction of sp³-hybridized carbons (Fsp3) is 0.500. The van der Waals surface area contributed by atoms with Gasteiger partial charge in [-0.2, -0.15) is 4.68 Å². The summed E-state index contributed by atoms with van der Waals surface area (Å²) in [6.45, 7) is 5.96. The molecule has 0 bridgehead atoms. The van der Waals surface area contributed by atoms with Crippen molar-refractivity contribution in [2.24, 2.45) is 0 Å². The predicted molar refractivity (Wildman–Crippen MR) is 91.3 cm³/mol. The van der Waals surface area contributed by atoms with Gasteiger partial charge in [0, 0.05) is 25.4 Å². The van der Waals surface area contributed by atoms with Gasteiger partial charge in [0.25, 0.3) is 0 Å². The van der Waals surface area contributed by atoms with Gasteiger partial charge in [0.1, 0.15) is 0 Å². The van der Waals surface area contributed by atoms with E-state index >= 15 is 0 Å². The van der Waals surface area contributed by atoms with Gasteiger partial charge in [-0.15, -0.1) is 5.10 Å². The fourth-order valence-corrected chi connectivity index (χ4v) is 2.09. The molecule has 0 radical (unpaired) electrons. The molecule has 130 valence electrons. The van der Waals surface area contributed by atoms with E-state index in [0.29, 0.717) is 24.7 Å². The van der Waals surface area contributed by atoms with Crippen LogP contribution in [0.4, 0.5) is 10.5 Å². The molecule has 0 unspecified atom stereocenters. The highest BCUT2D eigenvalue weighted by Gasteiger charge is 2.06. The number of rotatable bonds is 9. The van der Waals surface area contributed by atoms with Gasteiger partial charge < -0.3 is 15.4 Å². The minimum atomic E-state index is -0.242. The Labute approximate surface area is 141 Å². The average Bonchev–Trinajstić information content (AvgIpc) is 3.00. The fourth-order valence-electron chi connectivity index (χ4n) is 2.09. The zero-order valence-electron chi connectivity index (χ0n) is 14.2. The second-order valence-electron chi connectivity index (χ2n) is 5.39. The van der Waals surface area contributed by atoms with Crippen molar-refractivity contribution in [3.8, 4) is 5.69 Å². The number of carbonyl (C=O) groups is 1. The summed E-state index contributed by atoms with van der Waals surface area (Å²) in [5.74, 6) is 0.680. The zero-order valence-corrected chi connectivity index (χ0v) is 14.2. The van der Waals surface area contributed by atoms with E-state index in [-0.39, 0.29) is 6.03 Å². The number of hydrogen-bond donors (Lipinski definition) is 2. The van der Waals surface area contributed by atoms with Gasteiger partial charge in [0.05, 0.1) is 5.69 Å². The number of aryl methyl sites for hydroxylation is 1. The number of tetrazole rings is 1. The summed E-state index contributed by atoms with van der Waals surface area (Å²) in [6.07, 6.45) is 3.00. The number of benzene rings is 1. The van der Waals surface area contributed by atoms with Crippen molar-refractivity contribution >= 4 is 11.7 Å². The van der Waals surface area contributed by atoms with Crippen molar-refractivity contribution in [3.63, 3.8) is 0 Å². The van der Waals surface area contributed by atoms with Crippen LogP contribution in [0.25, 0.3) is 5.69 Å². The number of urea groups is 1. The largest absolute Gasteiger partial charge is 0.381 e. The third-order valence-corrected chi connectivity index (χ3v) is 3.37. The summed E-state index contributed by atoms with van der Waals surface area (Å²) in [5.41, 5.74) is 1.47. The van der Waals surface area contributed by atoms with Gasteiger partial charge in [-0.05, 0) is 48.4 Å². The van der Waals surface area contributed by atoms with Gasteiger partial charge in [-0.1, -0.05) is 19.4 Å². The highest BCUT2D eigenvalue weighted by atomic mass is 16.5. The van der Waals surface area contributed by atoms with Crippen molar-refractivity contribution in [1.29, 1.82) is 0 Å². The molecule has 0 saturated carbocycles. The molecule has 0 fully saturated rings. The van der Waals surface area contributed by atoms with Crippen LogP contribution in [0.15, 0.2) is 24.3 Å². The lowest BCUT2D eigenvalue weighted by Gasteiger charge is -2.09. The maximum Gasteiger partial charge on any atom is 0.319 e. The lowest BCUT2D eigenvalue weighted by atomic mass is 10.3. The minimum Gasteiger partial charge on any atom is -0.381 e. The lowest BCUT2D eigenvalue weighted by Crippen LogP contribution is -2.30. The summed E-state index contributed by atoms with van der Waals surface area (Å²) >= 11 is 0. The number of anilines is 1. The number of carbonyl (C=O) groups excluding carboxylic acids is 1. The van der Waals surface area contributed by atoms with Crippen LogP contribution >= 0.6 is 0 Å². The molecule has 8 heteroatoms. The van der Waals surface area contributed by atoms with Gasteiger partial charge in [-0.25, -0.2) is 4.79 Å². The second kappa shape index (κ2) is 9.61. The third kappa shape index (κ3) is 5.62. The molecule has 0 aliphatic rings. The summed E-state index contributed by atoms with van der Waals surface area (Å²) < 4.78 is 7.06. The predicted octanol–water partition coefficient (Wildman–Crippen LogP) is 2.30. The standard InChI is InChI=1S/C16H24N6O2/c1-3-4-10-24-11-6-9-17-16(23)18-14-7-5-8-15(12-14)22-13(2)19-20-21-22/h5,7-8,12H,3-4,6,9-11H2,1-2H3,(H2,17,18,23). The van der Waals surface area contributed by atoms with E-state index in [4.69, 9.17) is 4.74 Å². The first-order valence-corrected chi connectivity index (χ1v) is 8.18. The Bertz CT molecular complexity index is 643.